The summed E-state index contributed by atoms with van der Waals surface area (Å²) in [4.78, 5) is 48.1. The molecule has 2 N–H and O–H groups in total. The number of unbranched alkanes of at least 4 members (excludes halogenated alkanes) is 1. The van der Waals surface area contributed by atoms with E-state index in [0.29, 0.717) is 37.1 Å². The molecule has 8 nitrogen and oxygen atoms in total. The molecule has 0 aromatic carbocycles. The van der Waals surface area contributed by atoms with Gasteiger partial charge in [0.1, 0.15) is 22.3 Å². The first-order valence-electron chi connectivity index (χ1n) is 9.34. The van der Waals surface area contributed by atoms with E-state index in [9.17, 15) is 19.2 Å². The van der Waals surface area contributed by atoms with Gasteiger partial charge in [-0.2, -0.15) is 0 Å². The molecule has 0 atom stereocenters. The van der Waals surface area contributed by atoms with Crippen LogP contribution in [0.2, 0.25) is 0 Å². The normalized spacial score (nSPS) is 20.2. The topological polar surface area (TPSA) is 111 Å². The Hall–Kier alpha value is -2.64. The van der Waals surface area contributed by atoms with Gasteiger partial charge in [0, 0.05) is 13.1 Å². The largest absolute Gasteiger partial charge is 0.451 e. The lowest BCUT2D eigenvalue weighted by atomic mass is 9.97. The molecule has 154 valence electrons. The van der Waals surface area contributed by atoms with Crippen LogP contribution in [-0.4, -0.2) is 48.0 Å². The van der Waals surface area contributed by atoms with Crippen LogP contribution in [0.5, 0.6) is 0 Å². The molecule has 0 bridgehead atoms. The maximum Gasteiger partial charge on any atom is 0.344 e. The molecule has 0 radical (unpaired) electrons. The molecule has 2 aliphatic heterocycles. The van der Waals surface area contributed by atoms with E-state index in [-0.39, 0.29) is 11.1 Å². The molecule has 2 heterocycles. The molecule has 0 aliphatic carbocycles. The fourth-order valence-electron chi connectivity index (χ4n) is 2.98. The molecule has 0 saturated carbocycles. The molecule has 2 amide bonds. The van der Waals surface area contributed by atoms with Crippen molar-refractivity contribution < 1.29 is 28.7 Å². The predicted molar refractivity (Wildman–Crippen MR) is 101 cm³/mol. The molecule has 0 aromatic rings. The zero-order chi connectivity index (χ0) is 21.3. The van der Waals surface area contributed by atoms with Crippen molar-refractivity contribution >= 4 is 23.8 Å². The monoisotopic (exact) mass is 392 g/mol. The zero-order valence-electron chi connectivity index (χ0n) is 17.3. The van der Waals surface area contributed by atoms with E-state index < -0.39 is 35.0 Å². The Bertz CT molecular complexity index is 723. The number of esters is 2. The summed E-state index contributed by atoms with van der Waals surface area (Å²) in [5.41, 5.74) is -0.200. The van der Waals surface area contributed by atoms with Crippen LogP contribution in [0.15, 0.2) is 22.3 Å². The van der Waals surface area contributed by atoms with Crippen LogP contribution < -0.4 is 10.6 Å². The van der Waals surface area contributed by atoms with Gasteiger partial charge in [-0.25, -0.2) is 9.59 Å². The lowest BCUT2D eigenvalue weighted by Crippen LogP contribution is -2.31. The van der Waals surface area contributed by atoms with Gasteiger partial charge < -0.3 is 20.1 Å². The number of rotatable bonds is 7. The highest BCUT2D eigenvalue weighted by molar-refractivity contribution is 6.19. The van der Waals surface area contributed by atoms with Crippen molar-refractivity contribution in [2.24, 2.45) is 0 Å². The number of hydrogen-bond donors (Lipinski definition) is 2. The molecule has 0 spiro atoms. The third-order valence-corrected chi connectivity index (χ3v) is 5.29. The molecule has 0 aromatic heterocycles. The number of carbonyl (C=O) groups excluding carboxylic acids is 4. The van der Waals surface area contributed by atoms with E-state index in [1.807, 2.05) is 0 Å². The molecule has 0 fully saturated rings. The molecular formula is C20H28N2O6. The number of amides is 2. The highest BCUT2D eigenvalue weighted by Gasteiger charge is 2.41. The van der Waals surface area contributed by atoms with Crippen molar-refractivity contribution in [1.82, 2.24) is 10.6 Å². The molecule has 0 saturated heterocycles. The van der Waals surface area contributed by atoms with Crippen LogP contribution in [0.1, 0.15) is 54.4 Å². The molecule has 28 heavy (non-hydrogen) atoms. The van der Waals surface area contributed by atoms with Crippen molar-refractivity contribution in [1.29, 1.82) is 0 Å². The third kappa shape index (κ3) is 4.26. The predicted octanol–water partition coefficient (Wildman–Crippen LogP) is 1.30. The van der Waals surface area contributed by atoms with Crippen LogP contribution in [0.3, 0.4) is 0 Å². The summed E-state index contributed by atoms with van der Waals surface area (Å²) in [5.74, 6) is -2.12. The Labute approximate surface area is 164 Å². The van der Waals surface area contributed by atoms with Gasteiger partial charge in [-0.1, -0.05) is 0 Å². The van der Waals surface area contributed by atoms with Gasteiger partial charge in [0.25, 0.3) is 11.8 Å². The molecule has 0 unspecified atom stereocenters. The van der Waals surface area contributed by atoms with Crippen LogP contribution in [0.25, 0.3) is 0 Å². The summed E-state index contributed by atoms with van der Waals surface area (Å²) < 4.78 is 10.4. The number of nitrogens with one attached hydrogen (secondary N) is 2. The summed E-state index contributed by atoms with van der Waals surface area (Å²) >= 11 is 0. The lowest BCUT2D eigenvalue weighted by Gasteiger charge is -2.18. The van der Waals surface area contributed by atoms with E-state index in [1.54, 1.807) is 41.5 Å². The van der Waals surface area contributed by atoms with E-state index >= 15 is 0 Å². The number of ether oxygens (including phenoxy) is 2. The number of carbonyl (C=O) groups is 4. The number of cyclic esters (lactones) is 2. The Morgan fingerprint density at radius 1 is 0.750 bits per heavy atom. The highest BCUT2D eigenvalue weighted by atomic mass is 16.6. The summed E-state index contributed by atoms with van der Waals surface area (Å²) in [6.45, 7) is 11.1. The Balaban J connectivity index is 1.75. The fourth-order valence-corrected chi connectivity index (χ4v) is 2.98. The first-order chi connectivity index (χ1) is 12.9. The Kier molecular flexibility index (Phi) is 6.01. The fraction of sp³-hybridized carbons (Fsp3) is 0.600. The Morgan fingerprint density at radius 2 is 1.07 bits per heavy atom. The van der Waals surface area contributed by atoms with Gasteiger partial charge >= 0.3 is 11.9 Å². The third-order valence-electron chi connectivity index (χ3n) is 5.29. The van der Waals surface area contributed by atoms with E-state index in [2.05, 4.69) is 10.6 Å². The summed E-state index contributed by atoms with van der Waals surface area (Å²) in [5, 5.41) is 5.40. The van der Waals surface area contributed by atoms with Gasteiger partial charge in [0.2, 0.25) is 0 Å². The lowest BCUT2D eigenvalue weighted by molar-refractivity contribution is -0.146. The first-order valence-corrected chi connectivity index (χ1v) is 9.34. The van der Waals surface area contributed by atoms with E-state index in [1.165, 1.54) is 0 Å². The van der Waals surface area contributed by atoms with Gasteiger partial charge in [-0.05, 0) is 65.5 Å². The van der Waals surface area contributed by atoms with Crippen LogP contribution >= 0.6 is 0 Å². The number of hydrogen-bond acceptors (Lipinski definition) is 6. The van der Waals surface area contributed by atoms with Crippen molar-refractivity contribution in [3.05, 3.63) is 22.3 Å². The van der Waals surface area contributed by atoms with Crippen LogP contribution in [0, 0.1) is 0 Å². The highest BCUT2D eigenvalue weighted by Crippen LogP contribution is 2.32. The minimum atomic E-state index is -0.767. The molecule has 2 aliphatic rings. The van der Waals surface area contributed by atoms with E-state index in [4.69, 9.17) is 9.47 Å². The SMILES string of the molecule is CC1=C(C(=O)NCCCCNC(=O)C2=C(C)C(C)(C)OC2=O)C(=O)OC1(C)C. The second kappa shape index (κ2) is 7.77. The van der Waals surface area contributed by atoms with Crippen molar-refractivity contribution in [3.8, 4) is 0 Å². The average Bonchev–Trinajstić information content (AvgIpc) is 2.90. The standard InChI is InChI=1S/C20H28N2O6/c1-11-13(17(25)27-19(11,3)4)15(23)21-9-7-8-10-22-16(24)14-12(2)20(5,6)28-18(14)26/h7-10H2,1-6H3,(H,21,23)(H,22,24). The van der Waals surface area contributed by atoms with Gasteiger partial charge in [-0.3, -0.25) is 9.59 Å². The zero-order valence-corrected chi connectivity index (χ0v) is 17.3. The van der Waals surface area contributed by atoms with Crippen molar-refractivity contribution in [2.75, 3.05) is 13.1 Å². The van der Waals surface area contributed by atoms with Gasteiger partial charge in [-0.15, -0.1) is 0 Å². The first kappa shape index (κ1) is 21.7. The minimum absolute atomic E-state index is 0.0584. The maximum atomic E-state index is 12.2. The van der Waals surface area contributed by atoms with Crippen molar-refractivity contribution in [2.45, 2.75) is 65.6 Å². The minimum Gasteiger partial charge on any atom is -0.451 e. The van der Waals surface area contributed by atoms with Crippen LogP contribution in [0.4, 0.5) is 0 Å². The molecule has 8 heteroatoms. The summed E-state index contributed by atoms with van der Waals surface area (Å²) in [7, 11) is 0. The quantitative estimate of drug-likeness (QED) is 0.384. The van der Waals surface area contributed by atoms with Gasteiger partial charge in [0.05, 0.1) is 0 Å². The average molecular weight is 392 g/mol. The summed E-state index contributed by atoms with van der Waals surface area (Å²) in [6, 6.07) is 0. The van der Waals surface area contributed by atoms with Crippen molar-refractivity contribution in [3.63, 3.8) is 0 Å². The Morgan fingerprint density at radius 3 is 1.32 bits per heavy atom. The van der Waals surface area contributed by atoms with Crippen LogP contribution in [-0.2, 0) is 28.7 Å². The van der Waals surface area contributed by atoms with E-state index in [0.717, 1.165) is 0 Å². The maximum absolute atomic E-state index is 12.2. The second-order valence-corrected chi connectivity index (χ2v) is 8.02. The molecule has 2 rings (SSSR count). The van der Waals surface area contributed by atoms with Gasteiger partial charge in [0.15, 0.2) is 0 Å². The second-order valence-electron chi connectivity index (χ2n) is 8.02. The smallest absolute Gasteiger partial charge is 0.344 e. The molecular weight excluding hydrogens is 364 g/mol. The summed E-state index contributed by atoms with van der Waals surface area (Å²) in [6.07, 6.45) is 1.20.